The molecule has 0 heterocycles. The van der Waals surface area contributed by atoms with Crippen molar-refractivity contribution in [2.75, 3.05) is 0 Å². The van der Waals surface area contributed by atoms with Crippen molar-refractivity contribution in [3.05, 3.63) is 51.7 Å². The van der Waals surface area contributed by atoms with Crippen LogP contribution in [0.2, 0.25) is 0 Å². The Kier molecular flexibility index (Phi) is 2.82. The van der Waals surface area contributed by atoms with Crippen molar-refractivity contribution < 1.29 is 4.92 Å². The van der Waals surface area contributed by atoms with Crippen molar-refractivity contribution in [2.24, 2.45) is 0 Å². The number of hydrogen-bond donors (Lipinski definition) is 0. The van der Waals surface area contributed by atoms with E-state index >= 15 is 0 Å². The summed E-state index contributed by atoms with van der Waals surface area (Å²) in [4.78, 5) is 9.49. The summed E-state index contributed by atoms with van der Waals surface area (Å²) in [5.41, 5.74) is 1.44. The lowest BCUT2D eigenvalue weighted by Crippen LogP contribution is -1.82. The third kappa shape index (κ3) is 2.80. The number of benzene rings is 1. The molecular weight excluding hydrogens is 166 g/mol. The summed E-state index contributed by atoms with van der Waals surface area (Å²) in [6.45, 7) is 0. The number of hydrogen-bond acceptors (Lipinski definition) is 2. The van der Waals surface area contributed by atoms with Gasteiger partial charge in [-0.05, 0) is 17.7 Å². The normalized spacial score (nSPS) is 9.77. The van der Waals surface area contributed by atoms with E-state index in [1.54, 1.807) is 24.3 Å². The molecule has 1 aromatic carbocycles. The van der Waals surface area contributed by atoms with Crippen molar-refractivity contribution in [1.82, 2.24) is 0 Å². The largest absolute Gasteiger partial charge is 0.259 e. The maximum Gasteiger partial charge on any atom is 0.235 e. The van der Waals surface area contributed by atoms with Crippen molar-refractivity contribution >= 4 is 6.08 Å². The Hall–Kier alpha value is -2.08. The summed E-state index contributed by atoms with van der Waals surface area (Å²) in [5, 5.41) is 10.0. The lowest BCUT2D eigenvalue weighted by atomic mass is 10.1. The van der Waals surface area contributed by atoms with Crippen LogP contribution >= 0.6 is 0 Å². The Morgan fingerprint density at radius 1 is 1.54 bits per heavy atom. The first kappa shape index (κ1) is 9.01. The molecule has 0 saturated carbocycles. The number of terminal acetylenes is 1. The van der Waals surface area contributed by atoms with E-state index in [9.17, 15) is 10.1 Å². The van der Waals surface area contributed by atoms with Gasteiger partial charge in [-0.15, -0.1) is 6.42 Å². The maximum absolute atomic E-state index is 10.0. The molecule has 1 aromatic rings. The summed E-state index contributed by atoms with van der Waals surface area (Å²) in [5.74, 6) is 2.45. The van der Waals surface area contributed by atoms with Crippen LogP contribution in [0.3, 0.4) is 0 Å². The summed E-state index contributed by atoms with van der Waals surface area (Å²) >= 11 is 0. The smallest absolute Gasteiger partial charge is 0.235 e. The SMILES string of the molecule is C#Cc1cccc(/C=C/[N+](=O)[O-])c1. The molecular formula is C10H7NO2. The molecule has 0 atom stereocenters. The van der Waals surface area contributed by atoms with Crippen LogP contribution in [0.5, 0.6) is 0 Å². The molecule has 64 valence electrons. The number of nitrogens with zero attached hydrogens (tertiary/aromatic N) is 1. The van der Waals surface area contributed by atoms with Crippen LogP contribution in [0.4, 0.5) is 0 Å². The number of nitro groups is 1. The third-order valence-electron chi connectivity index (χ3n) is 1.44. The van der Waals surface area contributed by atoms with Crippen LogP contribution in [-0.2, 0) is 0 Å². The monoisotopic (exact) mass is 173 g/mol. The second-order valence-electron chi connectivity index (χ2n) is 2.37. The molecule has 0 amide bonds. The van der Waals surface area contributed by atoms with Gasteiger partial charge in [0, 0.05) is 11.6 Å². The highest BCUT2D eigenvalue weighted by Crippen LogP contribution is 2.05. The van der Waals surface area contributed by atoms with Crippen LogP contribution in [-0.4, -0.2) is 4.92 Å². The lowest BCUT2D eigenvalue weighted by molar-refractivity contribution is -0.400. The zero-order chi connectivity index (χ0) is 9.68. The molecule has 0 aliphatic rings. The Labute approximate surface area is 75.9 Å². The Balaban J connectivity index is 2.91. The second-order valence-corrected chi connectivity index (χ2v) is 2.37. The van der Waals surface area contributed by atoms with Gasteiger partial charge in [-0.2, -0.15) is 0 Å². The van der Waals surface area contributed by atoms with Crippen LogP contribution < -0.4 is 0 Å². The van der Waals surface area contributed by atoms with Gasteiger partial charge in [-0.3, -0.25) is 10.1 Å². The molecule has 0 aliphatic carbocycles. The van der Waals surface area contributed by atoms with Crippen LogP contribution in [0.25, 0.3) is 6.08 Å². The summed E-state index contributed by atoms with van der Waals surface area (Å²) in [6.07, 6.45) is 7.45. The molecule has 13 heavy (non-hydrogen) atoms. The molecule has 3 nitrogen and oxygen atoms in total. The van der Waals surface area contributed by atoms with Gasteiger partial charge in [-0.25, -0.2) is 0 Å². The molecule has 0 aromatic heterocycles. The van der Waals surface area contributed by atoms with Crippen molar-refractivity contribution in [1.29, 1.82) is 0 Å². The number of rotatable bonds is 2. The fraction of sp³-hybridized carbons (Fsp3) is 0. The Morgan fingerprint density at radius 3 is 2.92 bits per heavy atom. The van der Waals surface area contributed by atoms with Gasteiger partial charge < -0.3 is 0 Å². The minimum absolute atomic E-state index is 0.511. The minimum atomic E-state index is -0.511. The van der Waals surface area contributed by atoms with E-state index in [4.69, 9.17) is 6.42 Å². The van der Waals surface area contributed by atoms with Gasteiger partial charge in [0.15, 0.2) is 0 Å². The lowest BCUT2D eigenvalue weighted by Gasteiger charge is -1.92. The zero-order valence-electron chi connectivity index (χ0n) is 6.81. The zero-order valence-corrected chi connectivity index (χ0v) is 6.81. The second kappa shape index (κ2) is 4.07. The average molecular weight is 173 g/mol. The van der Waals surface area contributed by atoms with E-state index in [1.165, 1.54) is 6.08 Å². The predicted molar refractivity (Wildman–Crippen MR) is 50.4 cm³/mol. The third-order valence-corrected chi connectivity index (χ3v) is 1.44. The van der Waals surface area contributed by atoms with Gasteiger partial charge in [0.05, 0.1) is 4.92 Å². The molecule has 0 spiro atoms. The molecule has 0 radical (unpaired) electrons. The van der Waals surface area contributed by atoms with E-state index in [0.29, 0.717) is 5.56 Å². The maximum atomic E-state index is 10.0. The van der Waals surface area contributed by atoms with E-state index in [0.717, 1.165) is 11.8 Å². The van der Waals surface area contributed by atoms with Crippen LogP contribution in [0, 0.1) is 22.5 Å². The van der Waals surface area contributed by atoms with Gasteiger partial charge in [-0.1, -0.05) is 18.1 Å². The first-order valence-corrected chi connectivity index (χ1v) is 3.61. The first-order valence-electron chi connectivity index (χ1n) is 3.61. The summed E-state index contributed by atoms with van der Waals surface area (Å²) < 4.78 is 0. The molecule has 1 rings (SSSR count). The van der Waals surface area contributed by atoms with E-state index in [2.05, 4.69) is 5.92 Å². The highest BCUT2D eigenvalue weighted by Gasteiger charge is 1.91. The van der Waals surface area contributed by atoms with Crippen LogP contribution in [0.15, 0.2) is 30.5 Å². The molecule has 0 fully saturated rings. The first-order chi connectivity index (χ1) is 6.22. The van der Waals surface area contributed by atoms with Gasteiger partial charge in [0.2, 0.25) is 6.20 Å². The topological polar surface area (TPSA) is 43.1 Å². The predicted octanol–water partition coefficient (Wildman–Crippen LogP) is 1.92. The quantitative estimate of drug-likeness (QED) is 0.389. The fourth-order valence-corrected chi connectivity index (χ4v) is 0.879. The van der Waals surface area contributed by atoms with Crippen molar-refractivity contribution in [3.8, 4) is 12.3 Å². The van der Waals surface area contributed by atoms with E-state index < -0.39 is 4.92 Å². The van der Waals surface area contributed by atoms with Crippen LogP contribution in [0.1, 0.15) is 11.1 Å². The summed E-state index contributed by atoms with van der Waals surface area (Å²) in [7, 11) is 0. The van der Waals surface area contributed by atoms with E-state index in [1.807, 2.05) is 0 Å². The molecule has 0 unspecified atom stereocenters. The minimum Gasteiger partial charge on any atom is -0.259 e. The molecule has 0 bridgehead atoms. The highest BCUT2D eigenvalue weighted by molar-refractivity contribution is 5.51. The average Bonchev–Trinajstić information content (AvgIpc) is 2.15. The Bertz CT molecular complexity index is 388. The highest BCUT2D eigenvalue weighted by atomic mass is 16.6. The molecule has 0 N–H and O–H groups in total. The van der Waals surface area contributed by atoms with Crippen molar-refractivity contribution in [2.45, 2.75) is 0 Å². The van der Waals surface area contributed by atoms with Gasteiger partial charge in [0.1, 0.15) is 0 Å². The standard InChI is InChI=1S/C10H7NO2/c1-2-9-4-3-5-10(8-9)6-7-11(12)13/h1,3-8H/b7-6+. The van der Waals surface area contributed by atoms with Crippen molar-refractivity contribution in [3.63, 3.8) is 0 Å². The molecule has 0 aliphatic heterocycles. The van der Waals surface area contributed by atoms with Gasteiger partial charge in [0.25, 0.3) is 0 Å². The summed E-state index contributed by atoms with van der Waals surface area (Å²) in [6, 6.07) is 6.99. The van der Waals surface area contributed by atoms with Gasteiger partial charge >= 0.3 is 0 Å². The van der Waals surface area contributed by atoms with E-state index in [-0.39, 0.29) is 0 Å². The fourth-order valence-electron chi connectivity index (χ4n) is 0.879. The Morgan fingerprint density at radius 2 is 2.31 bits per heavy atom. The molecule has 0 saturated heterocycles. The molecule has 3 heteroatoms.